The number of hydrogen-bond donors (Lipinski definition) is 1. The van der Waals surface area contributed by atoms with E-state index in [1.54, 1.807) is 48.9 Å². The third-order valence-corrected chi connectivity index (χ3v) is 4.54. The van der Waals surface area contributed by atoms with Crippen molar-refractivity contribution in [3.05, 3.63) is 50.4 Å². The monoisotopic (exact) mass is 370 g/mol. The van der Waals surface area contributed by atoms with Gasteiger partial charge >= 0.3 is 5.69 Å². The van der Waals surface area contributed by atoms with E-state index in [2.05, 4.69) is 4.98 Å². The number of aryl methyl sites for hydroxylation is 2. The molecule has 8 nitrogen and oxygen atoms in total. The van der Waals surface area contributed by atoms with Gasteiger partial charge in [0, 0.05) is 20.1 Å². The van der Waals surface area contributed by atoms with E-state index in [0.29, 0.717) is 35.8 Å². The number of rotatable bonds is 5. The number of fused-ring (bicyclic) bond motifs is 1. The molecule has 0 saturated carbocycles. The van der Waals surface area contributed by atoms with Gasteiger partial charge in [0.1, 0.15) is 5.82 Å². The second-order valence-corrected chi connectivity index (χ2v) is 6.04. The molecule has 0 saturated heterocycles. The lowest BCUT2D eigenvalue weighted by Gasteiger charge is -2.08. The average molecular weight is 370 g/mol. The van der Waals surface area contributed by atoms with Crippen molar-refractivity contribution in [1.82, 2.24) is 18.7 Å². The maximum atomic E-state index is 12.7. The van der Waals surface area contributed by atoms with Crippen LogP contribution in [0.15, 0.2) is 27.8 Å². The van der Waals surface area contributed by atoms with Crippen LogP contribution >= 0.6 is 0 Å². The van der Waals surface area contributed by atoms with E-state index in [9.17, 15) is 14.7 Å². The van der Waals surface area contributed by atoms with E-state index in [1.165, 1.54) is 16.2 Å². The Labute approximate surface area is 155 Å². The normalized spacial score (nSPS) is 11.6. The first-order valence-electron chi connectivity index (χ1n) is 8.68. The molecule has 1 N–H and O–H groups in total. The van der Waals surface area contributed by atoms with Crippen LogP contribution in [0.25, 0.3) is 23.3 Å². The standard InChI is InChI=1S/C19H22N4O4/c1-5-22-17-16(18(25)23(6-2)19(22)26)21(3)15(20-17)10-8-12-7-9-14(27-4)13(24)11-12/h7-11,24H,5-6H2,1-4H3/b10-8+. The molecular weight excluding hydrogens is 348 g/mol. The Bertz CT molecular complexity index is 1150. The van der Waals surface area contributed by atoms with E-state index >= 15 is 0 Å². The minimum atomic E-state index is -0.355. The molecule has 0 fully saturated rings. The Morgan fingerprint density at radius 3 is 2.44 bits per heavy atom. The molecule has 0 bridgehead atoms. The second-order valence-electron chi connectivity index (χ2n) is 6.04. The van der Waals surface area contributed by atoms with E-state index in [4.69, 9.17) is 4.74 Å². The first-order valence-corrected chi connectivity index (χ1v) is 8.68. The maximum absolute atomic E-state index is 12.7. The Balaban J connectivity index is 2.15. The predicted octanol–water partition coefficient (Wildman–Crippen LogP) is 1.82. The predicted molar refractivity (Wildman–Crippen MR) is 104 cm³/mol. The van der Waals surface area contributed by atoms with Gasteiger partial charge in [-0.05, 0) is 37.6 Å². The third-order valence-electron chi connectivity index (χ3n) is 4.54. The largest absolute Gasteiger partial charge is 0.504 e. The summed E-state index contributed by atoms with van der Waals surface area (Å²) in [5, 5.41) is 9.89. The van der Waals surface area contributed by atoms with Gasteiger partial charge in [0.15, 0.2) is 22.7 Å². The first-order chi connectivity index (χ1) is 12.9. The van der Waals surface area contributed by atoms with Gasteiger partial charge in [-0.25, -0.2) is 9.78 Å². The van der Waals surface area contributed by atoms with Crippen LogP contribution in [0.5, 0.6) is 11.5 Å². The van der Waals surface area contributed by atoms with Crippen molar-refractivity contribution in [1.29, 1.82) is 0 Å². The number of imidazole rings is 1. The van der Waals surface area contributed by atoms with E-state index in [-0.39, 0.29) is 17.0 Å². The van der Waals surface area contributed by atoms with Gasteiger partial charge in [-0.2, -0.15) is 0 Å². The maximum Gasteiger partial charge on any atom is 0.332 e. The van der Waals surface area contributed by atoms with Crippen molar-refractivity contribution in [2.75, 3.05) is 7.11 Å². The van der Waals surface area contributed by atoms with Crippen LogP contribution in [0, 0.1) is 0 Å². The highest BCUT2D eigenvalue weighted by molar-refractivity contribution is 5.77. The molecule has 2 heterocycles. The van der Waals surface area contributed by atoms with Gasteiger partial charge < -0.3 is 14.4 Å². The van der Waals surface area contributed by atoms with Crippen LogP contribution in [0.1, 0.15) is 25.2 Å². The highest BCUT2D eigenvalue weighted by atomic mass is 16.5. The molecule has 3 rings (SSSR count). The molecule has 27 heavy (non-hydrogen) atoms. The fraction of sp³-hybridized carbons (Fsp3) is 0.316. The first kappa shape index (κ1) is 18.5. The Hall–Kier alpha value is -3.29. The zero-order valence-corrected chi connectivity index (χ0v) is 15.8. The molecule has 3 aromatic rings. The lowest BCUT2D eigenvalue weighted by molar-refractivity contribution is 0.373. The molecule has 0 spiro atoms. The number of aromatic nitrogens is 4. The van der Waals surface area contributed by atoms with Crippen molar-refractivity contribution in [2.24, 2.45) is 7.05 Å². The third kappa shape index (κ3) is 3.03. The van der Waals surface area contributed by atoms with Crippen LogP contribution < -0.4 is 16.0 Å². The minimum absolute atomic E-state index is 0.0373. The average Bonchev–Trinajstić information content (AvgIpc) is 2.97. The summed E-state index contributed by atoms with van der Waals surface area (Å²) in [5.41, 5.74) is 0.803. The summed E-state index contributed by atoms with van der Waals surface area (Å²) in [6.07, 6.45) is 3.51. The SMILES string of the molecule is CCn1c(=O)c2c(nc(/C=C/c3ccc(OC)c(O)c3)n2C)n(CC)c1=O. The van der Waals surface area contributed by atoms with Crippen molar-refractivity contribution >= 4 is 23.3 Å². The van der Waals surface area contributed by atoms with Crippen LogP contribution in [0.2, 0.25) is 0 Å². The summed E-state index contributed by atoms with van der Waals surface area (Å²) in [4.78, 5) is 29.7. The molecule has 0 aliphatic carbocycles. The number of ether oxygens (including phenoxy) is 1. The summed E-state index contributed by atoms with van der Waals surface area (Å²) < 4.78 is 9.42. The molecule has 8 heteroatoms. The van der Waals surface area contributed by atoms with Gasteiger partial charge in [-0.15, -0.1) is 0 Å². The summed E-state index contributed by atoms with van der Waals surface area (Å²) in [5.74, 6) is 0.963. The summed E-state index contributed by atoms with van der Waals surface area (Å²) in [7, 11) is 3.23. The fourth-order valence-corrected chi connectivity index (χ4v) is 3.07. The van der Waals surface area contributed by atoms with Gasteiger partial charge in [-0.3, -0.25) is 13.9 Å². The number of methoxy groups -OCH3 is 1. The van der Waals surface area contributed by atoms with E-state index < -0.39 is 0 Å². The zero-order valence-electron chi connectivity index (χ0n) is 15.8. The number of hydrogen-bond acceptors (Lipinski definition) is 5. The van der Waals surface area contributed by atoms with Crippen molar-refractivity contribution in [2.45, 2.75) is 26.9 Å². The lowest BCUT2D eigenvalue weighted by Crippen LogP contribution is -2.39. The second kappa shape index (κ2) is 7.14. The number of phenols is 1. The smallest absolute Gasteiger partial charge is 0.332 e. The molecule has 0 aliphatic heterocycles. The fourth-order valence-electron chi connectivity index (χ4n) is 3.07. The molecule has 0 atom stereocenters. The molecule has 0 radical (unpaired) electrons. The molecule has 0 unspecified atom stereocenters. The topological polar surface area (TPSA) is 91.3 Å². The number of phenolic OH excluding ortho intramolecular Hbond substituents is 1. The summed E-state index contributed by atoms with van der Waals surface area (Å²) >= 11 is 0. The molecule has 0 aliphatic rings. The minimum Gasteiger partial charge on any atom is -0.504 e. The molecule has 142 valence electrons. The molecule has 0 amide bonds. The van der Waals surface area contributed by atoms with Crippen LogP contribution in [-0.2, 0) is 20.1 Å². The number of aromatic hydroxyl groups is 1. The highest BCUT2D eigenvalue weighted by Crippen LogP contribution is 2.27. The van der Waals surface area contributed by atoms with E-state index in [1.807, 2.05) is 6.92 Å². The molecular formula is C19H22N4O4. The zero-order chi connectivity index (χ0) is 19.7. The van der Waals surface area contributed by atoms with Gasteiger partial charge in [-0.1, -0.05) is 12.1 Å². The van der Waals surface area contributed by atoms with E-state index in [0.717, 1.165) is 5.56 Å². The Morgan fingerprint density at radius 1 is 1.15 bits per heavy atom. The lowest BCUT2D eigenvalue weighted by atomic mass is 10.2. The van der Waals surface area contributed by atoms with Gasteiger partial charge in [0.2, 0.25) is 0 Å². The van der Waals surface area contributed by atoms with Crippen LogP contribution in [0.3, 0.4) is 0 Å². The van der Waals surface area contributed by atoms with Gasteiger partial charge in [0.05, 0.1) is 7.11 Å². The quantitative estimate of drug-likeness (QED) is 0.740. The molecule has 2 aromatic heterocycles. The number of nitrogens with zero attached hydrogens (tertiary/aromatic N) is 4. The molecule has 1 aromatic carbocycles. The summed E-state index contributed by atoms with van der Waals surface area (Å²) in [6.45, 7) is 4.33. The Morgan fingerprint density at radius 2 is 1.85 bits per heavy atom. The van der Waals surface area contributed by atoms with Crippen LogP contribution in [0.4, 0.5) is 0 Å². The highest BCUT2D eigenvalue weighted by Gasteiger charge is 2.17. The summed E-state index contributed by atoms with van der Waals surface area (Å²) in [6, 6.07) is 5.03. The number of benzene rings is 1. The Kier molecular flexibility index (Phi) is 4.89. The van der Waals surface area contributed by atoms with Gasteiger partial charge in [0.25, 0.3) is 5.56 Å². The van der Waals surface area contributed by atoms with Crippen molar-refractivity contribution in [3.8, 4) is 11.5 Å². The van der Waals surface area contributed by atoms with Crippen LogP contribution in [-0.4, -0.2) is 30.9 Å². The van der Waals surface area contributed by atoms with Crippen molar-refractivity contribution < 1.29 is 9.84 Å². The van der Waals surface area contributed by atoms with Crippen molar-refractivity contribution in [3.63, 3.8) is 0 Å².